The first-order chi connectivity index (χ1) is 15.5. The first-order valence-corrected chi connectivity index (χ1v) is 10.5. The van der Waals surface area contributed by atoms with E-state index in [4.69, 9.17) is 16.3 Å². The number of pyridine rings is 1. The summed E-state index contributed by atoms with van der Waals surface area (Å²) in [5, 5.41) is 4.29. The predicted molar refractivity (Wildman–Crippen MR) is 124 cm³/mol. The van der Waals surface area contributed by atoms with Crippen LogP contribution in [0.1, 0.15) is 27.2 Å². The molecule has 0 aliphatic carbocycles. The molecule has 32 heavy (non-hydrogen) atoms. The van der Waals surface area contributed by atoms with Crippen LogP contribution in [0.5, 0.6) is 5.75 Å². The third kappa shape index (κ3) is 4.36. The molecule has 0 spiro atoms. The number of hydrogen-bond acceptors (Lipinski definition) is 4. The Bertz CT molecular complexity index is 1280. The van der Waals surface area contributed by atoms with Crippen LogP contribution in [0.2, 0.25) is 5.02 Å². The van der Waals surface area contributed by atoms with Gasteiger partial charge in [-0.15, -0.1) is 0 Å². The summed E-state index contributed by atoms with van der Waals surface area (Å²) < 4.78 is 7.02. The van der Waals surface area contributed by atoms with Crippen LogP contribution in [0.15, 0.2) is 67.0 Å². The Labute approximate surface area is 190 Å². The number of rotatable bonds is 6. The molecule has 0 atom stereocenters. The molecule has 4 rings (SSSR count). The van der Waals surface area contributed by atoms with Gasteiger partial charge in [-0.1, -0.05) is 17.7 Å². The zero-order valence-corrected chi connectivity index (χ0v) is 18.5. The van der Waals surface area contributed by atoms with Crippen LogP contribution in [-0.4, -0.2) is 28.5 Å². The Balaban J connectivity index is 1.69. The van der Waals surface area contributed by atoms with Crippen molar-refractivity contribution in [2.24, 2.45) is 0 Å². The number of aromatic nitrogens is 2. The molecular formula is C25H22ClN3O3. The first-order valence-electron chi connectivity index (χ1n) is 10.1. The molecule has 0 bridgehead atoms. The average molecular weight is 448 g/mol. The van der Waals surface area contributed by atoms with Gasteiger partial charge in [-0.05, 0) is 66.6 Å². The van der Waals surface area contributed by atoms with Crippen LogP contribution in [-0.2, 0) is 17.8 Å². The monoisotopic (exact) mass is 447 g/mol. The van der Waals surface area contributed by atoms with Crippen LogP contribution in [0.25, 0.3) is 10.9 Å². The Hall–Kier alpha value is -3.64. The summed E-state index contributed by atoms with van der Waals surface area (Å²) >= 11 is 5.98. The maximum absolute atomic E-state index is 13.3. The van der Waals surface area contributed by atoms with E-state index in [1.54, 1.807) is 54.4 Å². The molecule has 6 nitrogen and oxygen atoms in total. The van der Waals surface area contributed by atoms with Gasteiger partial charge in [0, 0.05) is 40.6 Å². The molecule has 0 radical (unpaired) electrons. The summed E-state index contributed by atoms with van der Waals surface area (Å²) in [5.74, 6) is 0.333. The highest BCUT2D eigenvalue weighted by Crippen LogP contribution is 2.31. The third-order valence-corrected chi connectivity index (χ3v) is 5.64. The summed E-state index contributed by atoms with van der Waals surface area (Å²) in [5.41, 5.74) is 3.64. The summed E-state index contributed by atoms with van der Waals surface area (Å²) in [6, 6.07) is 16.0. The topological polar surface area (TPSA) is 73.2 Å². The fourth-order valence-electron chi connectivity index (χ4n) is 3.72. The van der Waals surface area contributed by atoms with Gasteiger partial charge >= 0.3 is 0 Å². The molecule has 4 aromatic rings. The van der Waals surface area contributed by atoms with E-state index in [1.807, 2.05) is 31.2 Å². The molecule has 0 saturated carbocycles. The van der Waals surface area contributed by atoms with Gasteiger partial charge in [-0.3, -0.25) is 19.1 Å². The van der Waals surface area contributed by atoms with Crippen LogP contribution < -0.4 is 10.1 Å². The minimum atomic E-state index is -0.184. The lowest BCUT2D eigenvalue weighted by Crippen LogP contribution is -2.25. The van der Waals surface area contributed by atoms with Crippen LogP contribution in [0.3, 0.4) is 0 Å². The Morgan fingerprint density at radius 2 is 1.91 bits per heavy atom. The molecule has 2 heterocycles. The third-order valence-electron chi connectivity index (χ3n) is 5.39. The van der Waals surface area contributed by atoms with E-state index in [0.29, 0.717) is 28.6 Å². The molecule has 7 heteroatoms. The van der Waals surface area contributed by atoms with Crippen molar-refractivity contribution in [1.29, 1.82) is 0 Å². The van der Waals surface area contributed by atoms with Crippen LogP contribution in [0, 0.1) is 6.92 Å². The molecule has 0 aliphatic heterocycles. The SMILES string of the molecule is COc1ccc2c(c1)c(CC(=O)NCc1cccnc1)c(C)n2C(=O)c1ccc(Cl)cc1. The maximum atomic E-state index is 13.3. The maximum Gasteiger partial charge on any atom is 0.262 e. The van der Waals surface area contributed by atoms with E-state index in [0.717, 1.165) is 22.0 Å². The number of hydrogen-bond donors (Lipinski definition) is 1. The number of carbonyl (C=O) groups excluding carboxylic acids is 2. The number of carbonyl (C=O) groups is 2. The Morgan fingerprint density at radius 1 is 1.12 bits per heavy atom. The number of ether oxygens (including phenoxy) is 1. The molecular weight excluding hydrogens is 426 g/mol. The van der Waals surface area contributed by atoms with Crippen molar-refractivity contribution in [2.45, 2.75) is 19.9 Å². The molecule has 0 unspecified atom stereocenters. The lowest BCUT2D eigenvalue weighted by Gasteiger charge is -2.08. The van der Waals surface area contributed by atoms with Crippen molar-refractivity contribution < 1.29 is 14.3 Å². The molecule has 0 saturated heterocycles. The van der Waals surface area contributed by atoms with Crippen LogP contribution in [0.4, 0.5) is 0 Å². The number of halogens is 1. The smallest absolute Gasteiger partial charge is 0.262 e. The summed E-state index contributed by atoms with van der Waals surface area (Å²) in [7, 11) is 1.59. The highest BCUT2D eigenvalue weighted by atomic mass is 35.5. The molecule has 1 amide bonds. The number of amides is 1. The van der Waals surface area contributed by atoms with Gasteiger partial charge in [-0.25, -0.2) is 0 Å². The van der Waals surface area contributed by atoms with Gasteiger partial charge in [0.2, 0.25) is 5.91 Å². The zero-order chi connectivity index (χ0) is 22.7. The first kappa shape index (κ1) is 21.6. The van der Waals surface area contributed by atoms with Gasteiger partial charge in [0.25, 0.3) is 5.91 Å². The normalized spacial score (nSPS) is 10.8. The largest absolute Gasteiger partial charge is 0.497 e. The van der Waals surface area contributed by atoms with Crippen molar-refractivity contribution in [3.63, 3.8) is 0 Å². The van der Waals surface area contributed by atoms with Gasteiger partial charge in [-0.2, -0.15) is 0 Å². The highest BCUT2D eigenvalue weighted by molar-refractivity contribution is 6.30. The van der Waals surface area contributed by atoms with Gasteiger partial charge in [0.1, 0.15) is 5.75 Å². The lowest BCUT2D eigenvalue weighted by molar-refractivity contribution is -0.120. The second-order valence-electron chi connectivity index (χ2n) is 7.41. The standard InChI is InChI=1S/C25H22ClN3O3/c1-16-21(13-24(30)28-15-17-4-3-11-27-14-17)22-12-20(32-2)9-10-23(22)29(16)25(31)18-5-7-19(26)8-6-18/h3-12,14H,13,15H2,1-2H3,(H,28,30). The predicted octanol–water partition coefficient (Wildman–Crippen LogP) is 4.55. The number of nitrogens with one attached hydrogen (secondary N) is 1. The summed E-state index contributed by atoms with van der Waals surface area (Å²) in [6.45, 7) is 2.24. The van der Waals surface area contributed by atoms with Crippen molar-refractivity contribution in [3.05, 3.63) is 94.4 Å². The van der Waals surface area contributed by atoms with E-state index in [1.165, 1.54) is 0 Å². The minimum Gasteiger partial charge on any atom is -0.497 e. The molecule has 0 fully saturated rings. The lowest BCUT2D eigenvalue weighted by atomic mass is 10.1. The van der Waals surface area contributed by atoms with Gasteiger partial charge in [0.15, 0.2) is 0 Å². The fraction of sp³-hybridized carbons (Fsp3) is 0.160. The molecule has 2 aromatic heterocycles. The number of benzene rings is 2. The van der Waals surface area contributed by atoms with Crippen molar-refractivity contribution in [2.75, 3.05) is 7.11 Å². The van der Waals surface area contributed by atoms with Gasteiger partial charge in [0.05, 0.1) is 19.0 Å². The molecule has 1 N–H and O–H groups in total. The summed E-state index contributed by atoms with van der Waals surface area (Å²) in [6.07, 6.45) is 3.54. The Kier molecular flexibility index (Phi) is 6.23. The fourth-order valence-corrected chi connectivity index (χ4v) is 3.85. The van der Waals surface area contributed by atoms with E-state index in [2.05, 4.69) is 10.3 Å². The minimum absolute atomic E-state index is 0.136. The molecule has 162 valence electrons. The quantitative estimate of drug-likeness (QED) is 0.470. The van der Waals surface area contributed by atoms with E-state index < -0.39 is 0 Å². The molecule has 2 aromatic carbocycles. The summed E-state index contributed by atoms with van der Waals surface area (Å²) in [4.78, 5) is 30.2. The number of methoxy groups -OCH3 is 1. The van der Waals surface area contributed by atoms with E-state index in [-0.39, 0.29) is 18.2 Å². The van der Waals surface area contributed by atoms with Crippen molar-refractivity contribution in [1.82, 2.24) is 14.9 Å². The number of nitrogens with zero attached hydrogens (tertiary/aromatic N) is 2. The van der Waals surface area contributed by atoms with Crippen molar-refractivity contribution >= 4 is 34.3 Å². The van der Waals surface area contributed by atoms with Gasteiger partial charge < -0.3 is 10.1 Å². The van der Waals surface area contributed by atoms with Crippen LogP contribution >= 0.6 is 11.6 Å². The van der Waals surface area contributed by atoms with Crippen molar-refractivity contribution in [3.8, 4) is 5.75 Å². The van der Waals surface area contributed by atoms with E-state index in [9.17, 15) is 9.59 Å². The highest BCUT2D eigenvalue weighted by Gasteiger charge is 2.22. The van der Waals surface area contributed by atoms with E-state index >= 15 is 0 Å². The average Bonchev–Trinajstić information content (AvgIpc) is 3.08. The second-order valence-corrected chi connectivity index (χ2v) is 7.85. The number of fused-ring (bicyclic) bond motifs is 1. The second kappa shape index (κ2) is 9.24. The zero-order valence-electron chi connectivity index (χ0n) is 17.8. The Morgan fingerprint density at radius 3 is 2.59 bits per heavy atom. The molecule has 0 aliphatic rings.